The van der Waals surface area contributed by atoms with E-state index in [4.69, 9.17) is 9.72 Å². The van der Waals surface area contributed by atoms with Crippen LogP contribution in [0.4, 0.5) is 17.5 Å². The SMILES string of the molecule is CCC1CCCCN1c1ccnc(Nc2ccc(OCc3ccccc3)cc2)n1. The Labute approximate surface area is 172 Å². The molecule has 0 saturated carbocycles. The molecule has 2 heterocycles. The van der Waals surface area contributed by atoms with Crippen LogP contribution in [0.1, 0.15) is 38.2 Å². The van der Waals surface area contributed by atoms with E-state index in [1.54, 1.807) is 0 Å². The number of aromatic nitrogens is 2. The van der Waals surface area contributed by atoms with Crippen molar-refractivity contribution in [3.05, 3.63) is 72.4 Å². The highest BCUT2D eigenvalue weighted by Crippen LogP contribution is 2.26. The monoisotopic (exact) mass is 388 g/mol. The third-order valence-corrected chi connectivity index (χ3v) is 5.39. The highest BCUT2D eigenvalue weighted by atomic mass is 16.5. The standard InChI is InChI=1S/C24H28N4O/c1-2-21-10-6-7-17-28(21)23-15-16-25-24(27-23)26-20-11-13-22(14-12-20)29-18-19-8-4-3-5-9-19/h3-5,8-9,11-16,21H,2,6-7,10,17-18H2,1H3,(H,25,26,27). The Hall–Kier alpha value is -3.08. The number of nitrogens with zero attached hydrogens (tertiary/aromatic N) is 3. The number of anilines is 3. The maximum atomic E-state index is 5.85. The maximum absolute atomic E-state index is 5.85. The van der Waals surface area contributed by atoms with Gasteiger partial charge >= 0.3 is 0 Å². The van der Waals surface area contributed by atoms with Crippen molar-refractivity contribution in [3.63, 3.8) is 0 Å². The molecule has 5 nitrogen and oxygen atoms in total. The molecule has 1 aliphatic rings. The Balaban J connectivity index is 1.39. The van der Waals surface area contributed by atoms with Crippen LogP contribution in [-0.4, -0.2) is 22.6 Å². The van der Waals surface area contributed by atoms with Crippen molar-refractivity contribution >= 4 is 17.5 Å². The first kappa shape index (κ1) is 19.2. The third-order valence-electron chi connectivity index (χ3n) is 5.39. The summed E-state index contributed by atoms with van der Waals surface area (Å²) in [6, 6.07) is 20.7. The van der Waals surface area contributed by atoms with E-state index in [0.717, 1.165) is 35.8 Å². The average molecular weight is 389 g/mol. The minimum atomic E-state index is 0.563. The van der Waals surface area contributed by atoms with Crippen molar-refractivity contribution in [2.75, 3.05) is 16.8 Å². The summed E-state index contributed by atoms with van der Waals surface area (Å²) in [5, 5.41) is 3.31. The molecule has 4 rings (SSSR count). The number of ether oxygens (including phenoxy) is 1. The zero-order valence-electron chi connectivity index (χ0n) is 16.9. The molecule has 29 heavy (non-hydrogen) atoms. The highest BCUT2D eigenvalue weighted by molar-refractivity contribution is 5.56. The van der Waals surface area contributed by atoms with E-state index in [2.05, 4.69) is 34.3 Å². The smallest absolute Gasteiger partial charge is 0.229 e. The molecule has 0 aliphatic carbocycles. The van der Waals surface area contributed by atoms with Gasteiger partial charge in [-0.05, 0) is 61.6 Å². The van der Waals surface area contributed by atoms with Gasteiger partial charge in [0.05, 0.1) is 0 Å². The fourth-order valence-corrected chi connectivity index (χ4v) is 3.80. The van der Waals surface area contributed by atoms with Crippen molar-refractivity contribution in [1.82, 2.24) is 9.97 Å². The Morgan fingerprint density at radius 3 is 2.66 bits per heavy atom. The first-order valence-corrected chi connectivity index (χ1v) is 10.5. The van der Waals surface area contributed by atoms with Gasteiger partial charge in [0.25, 0.3) is 0 Å². The van der Waals surface area contributed by atoms with Gasteiger partial charge in [-0.15, -0.1) is 0 Å². The van der Waals surface area contributed by atoms with Gasteiger partial charge in [-0.2, -0.15) is 4.98 Å². The highest BCUT2D eigenvalue weighted by Gasteiger charge is 2.22. The fourth-order valence-electron chi connectivity index (χ4n) is 3.80. The van der Waals surface area contributed by atoms with Gasteiger partial charge < -0.3 is 15.0 Å². The summed E-state index contributed by atoms with van der Waals surface area (Å²) in [6.07, 6.45) is 6.77. The lowest BCUT2D eigenvalue weighted by Gasteiger charge is -2.36. The average Bonchev–Trinajstić information content (AvgIpc) is 2.79. The van der Waals surface area contributed by atoms with E-state index in [1.165, 1.54) is 19.3 Å². The summed E-state index contributed by atoms with van der Waals surface area (Å²) < 4.78 is 5.85. The van der Waals surface area contributed by atoms with Gasteiger partial charge in [0.15, 0.2) is 0 Å². The van der Waals surface area contributed by atoms with E-state index in [-0.39, 0.29) is 0 Å². The van der Waals surface area contributed by atoms with Crippen LogP contribution in [0, 0.1) is 0 Å². The molecule has 0 radical (unpaired) electrons. The second-order valence-electron chi connectivity index (χ2n) is 7.41. The van der Waals surface area contributed by atoms with Gasteiger partial charge in [0.1, 0.15) is 18.2 Å². The second-order valence-corrected chi connectivity index (χ2v) is 7.41. The number of piperidine rings is 1. The molecule has 0 bridgehead atoms. The summed E-state index contributed by atoms with van der Waals surface area (Å²) in [5.41, 5.74) is 2.10. The number of benzene rings is 2. The van der Waals surface area contributed by atoms with Crippen molar-refractivity contribution in [3.8, 4) is 5.75 Å². The molecule has 1 atom stereocenters. The van der Waals surface area contributed by atoms with E-state index < -0.39 is 0 Å². The third kappa shape index (κ3) is 5.05. The largest absolute Gasteiger partial charge is 0.489 e. The number of hydrogen-bond acceptors (Lipinski definition) is 5. The van der Waals surface area contributed by atoms with Crippen LogP contribution in [0.5, 0.6) is 5.75 Å². The molecule has 1 aliphatic heterocycles. The van der Waals surface area contributed by atoms with E-state index in [1.807, 2.05) is 54.7 Å². The topological polar surface area (TPSA) is 50.3 Å². The van der Waals surface area contributed by atoms with Gasteiger partial charge in [0.2, 0.25) is 5.95 Å². The van der Waals surface area contributed by atoms with Crippen LogP contribution in [0.15, 0.2) is 66.9 Å². The molecule has 150 valence electrons. The lowest BCUT2D eigenvalue weighted by atomic mass is 10.0. The number of nitrogens with one attached hydrogen (secondary N) is 1. The minimum Gasteiger partial charge on any atom is -0.489 e. The predicted molar refractivity (Wildman–Crippen MR) is 118 cm³/mol. The van der Waals surface area contributed by atoms with Gasteiger partial charge in [-0.25, -0.2) is 4.98 Å². The number of rotatable bonds is 7. The summed E-state index contributed by atoms with van der Waals surface area (Å²) in [4.78, 5) is 11.6. The van der Waals surface area contributed by atoms with Crippen LogP contribution in [0.3, 0.4) is 0 Å². The van der Waals surface area contributed by atoms with Crippen LogP contribution in [0.2, 0.25) is 0 Å². The molecular formula is C24H28N4O. The molecule has 5 heteroatoms. The van der Waals surface area contributed by atoms with E-state index in [0.29, 0.717) is 18.6 Å². The molecule has 3 aromatic rings. The predicted octanol–water partition coefficient (Wildman–Crippen LogP) is 5.57. The zero-order valence-corrected chi connectivity index (χ0v) is 16.9. The summed E-state index contributed by atoms with van der Waals surface area (Å²) in [6.45, 7) is 3.89. The molecule has 2 aromatic carbocycles. The summed E-state index contributed by atoms with van der Waals surface area (Å²) in [7, 11) is 0. The molecule has 1 fully saturated rings. The number of hydrogen-bond donors (Lipinski definition) is 1. The summed E-state index contributed by atoms with van der Waals surface area (Å²) >= 11 is 0. The lowest BCUT2D eigenvalue weighted by molar-refractivity contribution is 0.306. The van der Waals surface area contributed by atoms with Crippen molar-refractivity contribution in [1.29, 1.82) is 0 Å². The maximum Gasteiger partial charge on any atom is 0.229 e. The fraction of sp³-hybridized carbons (Fsp3) is 0.333. The molecule has 0 amide bonds. The summed E-state index contributed by atoms with van der Waals surface area (Å²) in [5.74, 6) is 2.48. The quantitative estimate of drug-likeness (QED) is 0.573. The Morgan fingerprint density at radius 2 is 1.86 bits per heavy atom. The molecule has 1 aromatic heterocycles. The van der Waals surface area contributed by atoms with Crippen molar-refractivity contribution in [2.24, 2.45) is 0 Å². The van der Waals surface area contributed by atoms with Crippen LogP contribution in [0.25, 0.3) is 0 Å². The molecular weight excluding hydrogens is 360 g/mol. The van der Waals surface area contributed by atoms with Crippen molar-refractivity contribution in [2.45, 2.75) is 45.3 Å². The lowest BCUT2D eigenvalue weighted by Crippen LogP contribution is -2.39. The van der Waals surface area contributed by atoms with Gasteiger partial charge in [-0.1, -0.05) is 37.3 Å². The Morgan fingerprint density at radius 1 is 1.03 bits per heavy atom. The zero-order chi connectivity index (χ0) is 19.9. The van der Waals surface area contributed by atoms with E-state index in [9.17, 15) is 0 Å². The Kier molecular flexibility index (Phi) is 6.25. The molecule has 1 N–H and O–H groups in total. The van der Waals surface area contributed by atoms with Crippen molar-refractivity contribution < 1.29 is 4.74 Å². The minimum absolute atomic E-state index is 0.563. The van der Waals surface area contributed by atoms with Gasteiger partial charge in [0, 0.05) is 24.5 Å². The molecule has 0 spiro atoms. The first-order chi connectivity index (χ1) is 14.3. The first-order valence-electron chi connectivity index (χ1n) is 10.5. The molecule has 1 saturated heterocycles. The van der Waals surface area contributed by atoms with Crippen LogP contribution >= 0.6 is 0 Å². The molecule has 1 unspecified atom stereocenters. The Bertz CT molecular complexity index is 898. The second kappa shape index (κ2) is 9.41. The van der Waals surface area contributed by atoms with E-state index >= 15 is 0 Å². The van der Waals surface area contributed by atoms with Gasteiger partial charge in [-0.3, -0.25) is 0 Å². The normalized spacial score (nSPS) is 16.4. The van der Waals surface area contributed by atoms with Crippen LogP contribution < -0.4 is 15.0 Å². The van der Waals surface area contributed by atoms with Crippen LogP contribution in [-0.2, 0) is 6.61 Å².